The number of hydrogen-bond donors (Lipinski definition) is 0. The molecule has 1 aromatic carbocycles. The standard InChI is InChI=1S/C15H19N3O4S/c1-11-4-6-12(7-5-11)15-16-13(22-17-15)10-23(20,21)9-8-14(19)18(2)3/h4-7H,8-10H2,1-3H3. The number of carbonyl (C=O) groups is 1. The Morgan fingerprint density at radius 3 is 2.48 bits per heavy atom. The van der Waals surface area contributed by atoms with Gasteiger partial charge in [-0.2, -0.15) is 4.98 Å². The molecule has 0 unspecified atom stereocenters. The van der Waals surface area contributed by atoms with Gasteiger partial charge in [-0.15, -0.1) is 0 Å². The lowest BCUT2D eigenvalue weighted by atomic mass is 10.1. The summed E-state index contributed by atoms with van der Waals surface area (Å²) in [5.41, 5.74) is 1.86. The zero-order chi connectivity index (χ0) is 17.0. The smallest absolute Gasteiger partial charge is 0.242 e. The maximum Gasteiger partial charge on any atom is 0.242 e. The Kier molecular flexibility index (Phi) is 5.15. The lowest BCUT2D eigenvalue weighted by molar-refractivity contribution is -0.128. The number of rotatable bonds is 6. The molecule has 0 atom stereocenters. The van der Waals surface area contributed by atoms with Crippen LogP contribution in [0.15, 0.2) is 28.8 Å². The summed E-state index contributed by atoms with van der Waals surface area (Å²) in [6, 6.07) is 7.51. The average molecular weight is 337 g/mol. The molecule has 0 fully saturated rings. The summed E-state index contributed by atoms with van der Waals surface area (Å²) in [7, 11) is -0.314. The number of carbonyl (C=O) groups excluding carboxylic acids is 1. The Morgan fingerprint density at radius 2 is 1.87 bits per heavy atom. The minimum absolute atomic E-state index is 0.0258. The maximum atomic E-state index is 12.0. The molecule has 0 bridgehead atoms. The Hall–Kier alpha value is -2.22. The summed E-state index contributed by atoms with van der Waals surface area (Å²) in [5, 5.41) is 3.80. The van der Waals surface area contributed by atoms with Crippen LogP contribution < -0.4 is 0 Å². The van der Waals surface area contributed by atoms with Crippen LogP contribution in [0.2, 0.25) is 0 Å². The SMILES string of the molecule is Cc1ccc(-c2noc(CS(=O)(=O)CCC(=O)N(C)C)n2)cc1. The zero-order valence-corrected chi connectivity index (χ0v) is 14.1. The van der Waals surface area contributed by atoms with Crippen LogP contribution in [-0.2, 0) is 20.4 Å². The first-order chi connectivity index (χ1) is 10.8. The van der Waals surface area contributed by atoms with Crippen LogP contribution in [0.5, 0.6) is 0 Å². The van der Waals surface area contributed by atoms with Gasteiger partial charge in [-0.05, 0) is 6.92 Å². The summed E-state index contributed by atoms with van der Waals surface area (Å²) in [6.45, 7) is 1.97. The molecule has 0 N–H and O–H groups in total. The van der Waals surface area contributed by atoms with Gasteiger partial charge >= 0.3 is 0 Å². The highest BCUT2D eigenvalue weighted by molar-refractivity contribution is 7.90. The van der Waals surface area contributed by atoms with E-state index in [2.05, 4.69) is 10.1 Å². The normalized spacial score (nSPS) is 11.4. The summed E-state index contributed by atoms with van der Waals surface area (Å²) in [6.07, 6.45) is -0.0612. The van der Waals surface area contributed by atoms with Crippen molar-refractivity contribution in [2.45, 2.75) is 19.1 Å². The maximum absolute atomic E-state index is 12.0. The zero-order valence-electron chi connectivity index (χ0n) is 13.3. The summed E-state index contributed by atoms with van der Waals surface area (Å²) >= 11 is 0. The van der Waals surface area contributed by atoms with Crippen molar-refractivity contribution in [3.8, 4) is 11.4 Å². The molecule has 0 saturated heterocycles. The molecule has 0 aliphatic carbocycles. The van der Waals surface area contributed by atoms with E-state index in [9.17, 15) is 13.2 Å². The lowest BCUT2D eigenvalue weighted by Crippen LogP contribution is -2.24. The van der Waals surface area contributed by atoms with Crippen LogP contribution >= 0.6 is 0 Å². The van der Waals surface area contributed by atoms with Gasteiger partial charge in [0.2, 0.25) is 17.6 Å². The van der Waals surface area contributed by atoms with E-state index < -0.39 is 9.84 Å². The number of sulfone groups is 1. The molecule has 1 amide bonds. The van der Waals surface area contributed by atoms with Crippen LogP contribution in [0.3, 0.4) is 0 Å². The highest BCUT2D eigenvalue weighted by atomic mass is 32.2. The molecular weight excluding hydrogens is 318 g/mol. The van der Waals surface area contributed by atoms with Crippen LogP contribution in [-0.4, -0.2) is 49.2 Å². The first-order valence-electron chi connectivity index (χ1n) is 7.07. The van der Waals surface area contributed by atoms with E-state index in [1.807, 2.05) is 31.2 Å². The van der Waals surface area contributed by atoms with E-state index in [4.69, 9.17) is 4.52 Å². The third kappa shape index (κ3) is 4.88. The van der Waals surface area contributed by atoms with Crippen molar-refractivity contribution in [2.75, 3.05) is 19.8 Å². The van der Waals surface area contributed by atoms with Crippen LogP contribution in [0.4, 0.5) is 0 Å². The Labute approximate surface area is 135 Å². The van der Waals surface area contributed by atoms with Gasteiger partial charge in [0.1, 0.15) is 5.75 Å². The fourth-order valence-electron chi connectivity index (χ4n) is 1.86. The lowest BCUT2D eigenvalue weighted by Gasteiger charge is -2.09. The Morgan fingerprint density at radius 1 is 1.22 bits per heavy atom. The first-order valence-corrected chi connectivity index (χ1v) is 8.89. The van der Waals surface area contributed by atoms with E-state index >= 15 is 0 Å². The minimum atomic E-state index is -3.48. The molecular formula is C15H19N3O4S. The van der Waals surface area contributed by atoms with Crippen molar-refractivity contribution in [3.05, 3.63) is 35.7 Å². The van der Waals surface area contributed by atoms with Gasteiger partial charge in [-0.1, -0.05) is 35.0 Å². The molecule has 124 valence electrons. The molecule has 7 nitrogen and oxygen atoms in total. The highest BCUT2D eigenvalue weighted by Gasteiger charge is 2.19. The van der Waals surface area contributed by atoms with Crippen molar-refractivity contribution in [1.29, 1.82) is 0 Å². The molecule has 0 spiro atoms. The van der Waals surface area contributed by atoms with Crippen molar-refractivity contribution in [1.82, 2.24) is 15.0 Å². The van der Waals surface area contributed by atoms with Crippen LogP contribution in [0, 0.1) is 6.92 Å². The average Bonchev–Trinajstić information content (AvgIpc) is 2.93. The highest BCUT2D eigenvalue weighted by Crippen LogP contribution is 2.17. The number of benzene rings is 1. The van der Waals surface area contributed by atoms with Crippen molar-refractivity contribution >= 4 is 15.7 Å². The third-order valence-corrected chi connectivity index (χ3v) is 4.76. The van der Waals surface area contributed by atoms with Gasteiger partial charge in [0, 0.05) is 26.1 Å². The predicted molar refractivity (Wildman–Crippen MR) is 85.3 cm³/mol. The fourth-order valence-corrected chi connectivity index (χ4v) is 2.98. The molecule has 2 aromatic rings. The van der Waals surface area contributed by atoms with Crippen LogP contribution in [0.1, 0.15) is 17.9 Å². The van der Waals surface area contributed by atoms with Gasteiger partial charge in [-0.3, -0.25) is 4.79 Å². The number of aromatic nitrogens is 2. The second-order valence-corrected chi connectivity index (χ2v) is 7.69. The molecule has 0 radical (unpaired) electrons. The number of hydrogen-bond acceptors (Lipinski definition) is 6. The van der Waals surface area contributed by atoms with E-state index in [0.29, 0.717) is 5.82 Å². The molecule has 0 aliphatic rings. The fraction of sp³-hybridized carbons (Fsp3) is 0.400. The second kappa shape index (κ2) is 6.91. The van der Waals surface area contributed by atoms with E-state index in [-0.39, 0.29) is 29.7 Å². The van der Waals surface area contributed by atoms with Crippen molar-refractivity contribution in [2.24, 2.45) is 0 Å². The largest absolute Gasteiger partial charge is 0.349 e. The molecule has 0 aliphatic heterocycles. The quantitative estimate of drug-likeness (QED) is 0.792. The monoisotopic (exact) mass is 337 g/mol. The predicted octanol–water partition coefficient (Wildman–Crippen LogP) is 1.44. The van der Waals surface area contributed by atoms with Crippen molar-refractivity contribution in [3.63, 3.8) is 0 Å². The molecule has 23 heavy (non-hydrogen) atoms. The van der Waals surface area contributed by atoms with E-state index in [1.165, 1.54) is 4.90 Å². The van der Waals surface area contributed by atoms with E-state index in [1.54, 1.807) is 14.1 Å². The summed E-state index contributed by atoms with van der Waals surface area (Å²) in [4.78, 5) is 16.9. The van der Waals surface area contributed by atoms with Gasteiger partial charge < -0.3 is 9.42 Å². The number of amides is 1. The minimum Gasteiger partial charge on any atom is -0.349 e. The molecule has 8 heteroatoms. The first kappa shape index (κ1) is 17.1. The second-order valence-electron chi connectivity index (χ2n) is 5.51. The van der Waals surface area contributed by atoms with Gasteiger partial charge in [0.15, 0.2) is 9.84 Å². The van der Waals surface area contributed by atoms with Crippen molar-refractivity contribution < 1.29 is 17.7 Å². The molecule has 1 aromatic heterocycles. The Bertz CT molecular complexity index is 779. The van der Waals surface area contributed by atoms with E-state index in [0.717, 1.165) is 11.1 Å². The molecule has 1 heterocycles. The number of aryl methyl sites for hydroxylation is 1. The van der Waals surface area contributed by atoms with Gasteiger partial charge in [0.05, 0.1) is 5.75 Å². The van der Waals surface area contributed by atoms with Gasteiger partial charge in [-0.25, -0.2) is 8.42 Å². The topological polar surface area (TPSA) is 93.4 Å². The molecule has 0 saturated carbocycles. The van der Waals surface area contributed by atoms with Crippen LogP contribution in [0.25, 0.3) is 11.4 Å². The molecule has 2 rings (SSSR count). The van der Waals surface area contributed by atoms with Gasteiger partial charge in [0.25, 0.3) is 0 Å². The summed E-state index contributed by atoms with van der Waals surface area (Å²) < 4.78 is 29.0. The number of nitrogens with zero attached hydrogens (tertiary/aromatic N) is 3. The Balaban J connectivity index is 2.03. The summed E-state index contributed by atoms with van der Waals surface area (Å²) in [5.74, 6) is -0.476. The third-order valence-electron chi connectivity index (χ3n) is 3.25.